The highest BCUT2D eigenvalue weighted by Gasteiger charge is 2.18. The van der Waals surface area contributed by atoms with Crippen LogP contribution in [0.5, 0.6) is 5.75 Å². The molecule has 1 aliphatic heterocycles. The summed E-state index contributed by atoms with van der Waals surface area (Å²) in [6.07, 6.45) is 3.97. The molecule has 5 nitrogen and oxygen atoms in total. The molecule has 0 aliphatic carbocycles. The Balaban J connectivity index is 0.00000180. The van der Waals surface area contributed by atoms with Crippen LogP contribution in [-0.2, 0) is 19.6 Å². The van der Waals surface area contributed by atoms with Crippen molar-refractivity contribution >= 4 is 27.9 Å². The lowest BCUT2D eigenvalue weighted by atomic mass is 10.1. The molecule has 0 spiro atoms. The van der Waals surface area contributed by atoms with Crippen molar-refractivity contribution in [3.8, 4) is 17.1 Å². The van der Waals surface area contributed by atoms with E-state index in [2.05, 4.69) is 44.0 Å². The summed E-state index contributed by atoms with van der Waals surface area (Å²) in [5.74, 6) is 2.86. The second-order valence-electron chi connectivity index (χ2n) is 6.51. The first kappa shape index (κ1) is 17.7. The lowest BCUT2D eigenvalue weighted by Gasteiger charge is -2.09. The van der Waals surface area contributed by atoms with Gasteiger partial charge in [0, 0.05) is 30.1 Å². The van der Waals surface area contributed by atoms with Crippen LogP contribution in [0.4, 0.5) is 0 Å². The fourth-order valence-corrected chi connectivity index (χ4v) is 3.47. The molecule has 4 aromatic rings. The molecule has 136 valence electrons. The van der Waals surface area contributed by atoms with Crippen LogP contribution >= 0.6 is 17.0 Å². The number of hydrogen-bond donors (Lipinski definition) is 0. The van der Waals surface area contributed by atoms with Gasteiger partial charge in [0.05, 0.1) is 0 Å². The largest absolute Gasteiger partial charge is 0.487 e. The number of aromatic nitrogens is 4. The van der Waals surface area contributed by atoms with Crippen LogP contribution < -0.4 is 4.74 Å². The first-order valence-electron chi connectivity index (χ1n) is 8.86. The average Bonchev–Trinajstić information content (AvgIpc) is 3.31. The Labute approximate surface area is 167 Å². The first-order chi connectivity index (χ1) is 12.9. The zero-order chi connectivity index (χ0) is 17.3. The minimum atomic E-state index is 0. The summed E-state index contributed by atoms with van der Waals surface area (Å²) >= 11 is 0. The molecule has 2 aromatic carbocycles. The predicted molar refractivity (Wildman–Crippen MR) is 110 cm³/mol. The standard InChI is InChI=1S/C21H18N4O.BrH/c1-4-16-5-2-12-22-20(16)18(6-1)26-14-15-8-10-17(11-9-15)21-24-23-19-7-3-13-25(19)21;/h1-2,4-6,8-12H,3,7,13-14H2;1H. The van der Waals surface area contributed by atoms with E-state index in [0.29, 0.717) is 6.61 Å². The highest BCUT2D eigenvalue weighted by Crippen LogP contribution is 2.26. The second-order valence-corrected chi connectivity index (χ2v) is 6.51. The highest BCUT2D eigenvalue weighted by molar-refractivity contribution is 8.93. The summed E-state index contributed by atoms with van der Waals surface area (Å²) in [6.45, 7) is 1.52. The quantitative estimate of drug-likeness (QED) is 0.482. The van der Waals surface area contributed by atoms with E-state index in [-0.39, 0.29) is 17.0 Å². The van der Waals surface area contributed by atoms with Gasteiger partial charge < -0.3 is 9.30 Å². The molecule has 0 bridgehead atoms. The Bertz CT molecular complexity index is 1070. The van der Waals surface area contributed by atoms with Crippen molar-refractivity contribution in [3.63, 3.8) is 0 Å². The van der Waals surface area contributed by atoms with E-state index >= 15 is 0 Å². The number of hydrogen-bond acceptors (Lipinski definition) is 4. The maximum absolute atomic E-state index is 6.01. The fraction of sp³-hybridized carbons (Fsp3) is 0.190. The van der Waals surface area contributed by atoms with Crippen LogP contribution in [0, 0.1) is 0 Å². The van der Waals surface area contributed by atoms with Gasteiger partial charge in [-0.1, -0.05) is 42.5 Å². The zero-order valence-electron chi connectivity index (χ0n) is 14.7. The van der Waals surface area contributed by atoms with Crippen LogP contribution in [0.3, 0.4) is 0 Å². The molecule has 27 heavy (non-hydrogen) atoms. The fourth-order valence-electron chi connectivity index (χ4n) is 3.47. The van der Waals surface area contributed by atoms with E-state index in [9.17, 15) is 0 Å². The molecule has 0 amide bonds. The molecular weight excluding hydrogens is 404 g/mol. The molecule has 0 radical (unpaired) electrons. The van der Waals surface area contributed by atoms with E-state index in [0.717, 1.165) is 58.8 Å². The Morgan fingerprint density at radius 2 is 1.81 bits per heavy atom. The average molecular weight is 423 g/mol. The number of para-hydroxylation sites is 1. The van der Waals surface area contributed by atoms with E-state index < -0.39 is 0 Å². The number of nitrogens with zero attached hydrogens (tertiary/aromatic N) is 4. The van der Waals surface area contributed by atoms with Gasteiger partial charge in [0.25, 0.3) is 0 Å². The number of benzene rings is 2. The molecule has 2 aromatic heterocycles. The number of fused-ring (bicyclic) bond motifs is 2. The van der Waals surface area contributed by atoms with Crippen molar-refractivity contribution in [2.45, 2.75) is 26.0 Å². The third kappa shape index (κ3) is 3.32. The van der Waals surface area contributed by atoms with Crippen LogP contribution in [-0.4, -0.2) is 19.7 Å². The molecule has 0 saturated heterocycles. The summed E-state index contributed by atoms with van der Waals surface area (Å²) in [6, 6.07) is 18.3. The summed E-state index contributed by atoms with van der Waals surface area (Å²) in [7, 11) is 0. The van der Waals surface area contributed by atoms with Gasteiger partial charge in [0.2, 0.25) is 0 Å². The maximum Gasteiger partial charge on any atom is 0.163 e. The predicted octanol–water partition coefficient (Wildman–Crippen LogP) is 4.60. The van der Waals surface area contributed by atoms with Crippen molar-refractivity contribution < 1.29 is 4.74 Å². The zero-order valence-corrected chi connectivity index (χ0v) is 16.4. The molecule has 3 heterocycles. The number of aryl methyl sites for hydroxylation is 1. The van der Waals surface area contributed by atoms with Crippen molar-refractivity contribution in [2.24, 2.45) is 0 Å². The summed E-state index contributed by atoms with van der Waals surface area (Å²) in [5.41, 5.74) is 3.11. The van der Waals surface area contributed by atoms with Crippen molar-refractivity contribution in [3.05, 3.63) is 72.2 Å². The SMILES string of the molecule is Br.c1cnc2c(OCc3ccc(-c4nnc5n4CCC5)cc3)cccc2c1. The second kappa shape index (κ2) is 7.48. The molecule has 0 atom stereocenters. The van der Waals surface area contributed by atoms with Crippen LogP contribution in [0.25, 0.3) is 22.3 Å². The number of rotatable bonds is 4. The van der Waals surface area contributed by atoms with Gasteiger partial charge in [-0.25, -0.2) is 0 Å². The summed E-state index contributed by atoms with van der Waals surface area (Å²) in [5, 5.41) is 9.70. The normalized spacial score (nSPS) is 12.6. The topological polar surface area (TPSA) is 52.8 Å². The smallest absolute Gasteiger partial charge is 0.163 e. The van der Waals surface area contributed by atoms with Crippen molar-refractivity contribution in [1.82, 2.24) is 19.7 Å². The van der Waals surface area contributed by atoms with Gasteiger partial charge in [-0.05, 0) is 24.1 Å². The minimum Gasteiger partial charge on any atom is -0.487 e. The van der Waals surface area contributed by atoms with Crippen LogP contribution in [0.15, 0.2) is 60.8 Å². The van der Waals surface area contributed by atoms with Gasteiger partial charge in [-0.2, -0.15) is 0 Å². The summed E-state index contributed by atoms with van der Waals surface area (Å²) < 4.78 is 8.23. The van der Waals surface area contributed by atoms with Gasteiger partial charge in [-0.15, -0.1) is 27.2 Å². The van der Waals surface area contributed by atoms with E-state index in [1.165, 1.54) is 0 Å². The Morgan fingerprint density at radius 3 is 2.70 bits per heavy atom. The summed E-state index contributed by atoms with van der Waals surface area (Å²) in [4.78, 5) is 4.43. The third-order valence-corrected chi connectivity index (χ3v) is 4.81. The molecule has 0 fully saturated rings. The van der Waals surface area contributed by atoms with Crippen LogP contribution in [0.2, 0.25) is 0 Å². The minimum absolute atomic E-state index is 0. The molecular formula is C21H19BrN4O. The van der Waals surface area contributed by atoms with Crippen LogP contribution in [0.1, 0.15) is 17.8 Å². The van der Waals surface area contributed by atoms with Gasteiger partial charge in [-0.3, -0.25) is 4.98 Å². The van der Waals surface area contributed by atoms with Crippen molar-refractivity contribution in [2.75, 3.05) is 0 Å². The number of pyridine rings is 1. The molecule has 1 aliphatic rings. The van der Waals surface area contributed by atoms with E-state index in [1.807, 2.05) is 30.3 Å². The highest BCUT2D eigenvalue weighted by atomic mass is 79.9. The van der Waals surface area contributed by atoms with E-state index in [1.54, 1.807) is 6.20 Å². The first-order valence-corrected chi connectivity index (χ1v) is 8.86. The molecule has 0 N–H and O–H groups in total. The Morgan fingerprint density at radius 1 is 0.963 bits per heavy atom. The van der Waals surface area contributed by atoms with E-state index in [4.69, 9.17) is 4.74 Å². The number of halogens is 1. The van der Waals surface area contributed by atoms with Gasteiger partial charge in [0.1, 0.15) is 23.7 Å². The lowest BCUT2D eigenvalue weighted by Crippen LogP contribution is -1.98. The Hall–Kier alpha value is -2.73. The maximum atomic E-state index is 6.01. The van der Waals surface area contributed by atoms with Gasteiger partial charge >= 0.3 is 0 Å². The number of ether oxygens (including phenoxy) is 1. The molecule has 6 heteroatoms. The molecule has 0 unspecified atom stereocenters. The van der Waals surface area contributed by atoms with Crippen molar-refractivity contribution in [1.29, 1.82) is 0 Å². The molecule has 0 saturated carbocycles. The monoisotopic (exact) mass is 422 g/mol. The van der Waals surface area contributed by atoms with Gasteiger partial charge in [0.15, 0.2) is 5.82 Å². The Kier molecular flexibility index (Phi) is 4.90. The lowest BCUT2D eigenvalue weighted by molar-refractivity contribution is 0.309. The third-order valence-electron chi connectivity index (χ3n) is 4.81. The molecule has 5 rings (SSSR count).